The van der Waals surface area contributed by atoms with Crippen molar-refractivity contribution in [1.29, 1.82) is 5.26 Å². The predicted octanol–water partition coefficient (Wildman–Crippen LogP) is 2.00. The maximum absolute atomic E-state index is 9.01. The molecule has 1 saturated heterocycles. The third-order valence-electron chi connectivity index (χ3n) is 3.74. The lowest BCUT2D eigenvalue weighted by Crippen LogP contribution is -2.44. The first-order valence-corrected chi connectivity index (χ1v) is 6.23. The summed E-state index contributed by atoms with van der Waals surface area (Å²) in [6, 6.07) is 7.73. The Morgan fingerprint density at radius 1 is 1.50 bits per heavy atom. The van der Waals surface area contributed by atoms with Gasteiger partial charge in [-0.1, -0.05) is 13.0 Å². The molecule has 0 saturated carbocycles. The average molecular weight is 245 g/mol. The summed E-state index contributed by atoms with van der Waals surface area (Å²) in [6.07, 6.45) is 1.30. The van der Waals surface area contributed by atoms with Gasteiger partial charge in [-0.05, 0) is 24.5 Å². The van der Waals surface area contributed by atoms with Crippen LogP contribution in [0.5, 0.6) is 0 Å². The summed E-state index contributed by atoms with van der Waals surface area (Å²) in [4.78, 5) is 2.21. The number of methoxy groups -OCH3 is 1. The quantitative estimate of drug-likeness (QED) is 0.809. The Balaban J connectivity index is 2.25. The molecule has 4 nitrogen and oxygen atoms in total. The minimum atomic E-state index is 0.226. The average Bonchev–Trinajstić information content (AvgIpc) is 2.40. The van der Waals surface area contributed by atoms with Gasteiger partial charge in [-0.15, -0.1) is 0 Å². The first-order chi connectivity index (χ1) is 8.67. The fourth-order valence-corrected chi connectivity index (χ4v) is 2.49. The molecule has 18 heavy (non-hydrogen) atoms. The Bertz CT molecular complexity index is 467. The summed E-state index contributed by atoms with van der Waals surface area (Å²) in [5.74, 6) is 0.562. The zero-order valence-corrected chi connectivity index (χ0v) is 10.9. The zero-order chi connectivity index (χ0) is 13.1. The summed E-state index contributed by atoms with van der Waals surface area (Å²) in [5.41, 5.74) is 8.10. The fourth-order valence-electron chi connectivity index (χ4n) is 2.49. The molecule has 1 fully saturated rings. The van der Waals surface area contributed by atoms with E-state index in [4.69, 9.17) is 15.7 Å². The third kappa shape index (κ3) is 2.27. The van der Waals surface area contributed by atoms with Gasteiger partial charge in [0.1, 0.15) is 6.07 Å². The smallest absolute Gasteiger partial charge is 0.101 e. The van der Waals surface area contributed by atoms with Crippen LogP contribution in [-0.4, -0.2) is 26.3 Å². The van der Waals surface area contributed by atoms with E-state index in [2.05, 4.69) is 17.9 Å². The summed E-state index contributed by atoms with van der Waals surface area (Å²) in [6.45, 7) is 4.00. The van der Waals surface area contributed by atoms with Crippen LogP contribution in [0.2, 0.25) is 0 Å². The number of nitrogens with zero attached hydrogens (tertiary/aromatic N) is 2. The van der Waals surface area contributed by atoms with Gasteiger partial charge in [0.25, 0.3) is 0 Å². The van der Waals surface area contributed by atoms with Crippen LogP contribution in [-0.2, 0) is 4.74 Å². The molecule has 1 aromatic carbocycles. The van der Waals surface area contributed by atoms with Crippen LogP contribution >= 0.6 is 0 Å². The molecule has 96 valence electrons. The van der Waals surface area contributed by atoms with Crippen LogP contribution in [0.1, 0.15) is 18.9 Å². The Hall–Kier alpha value is -1.73. The molecule has 0 spiro atoms. The van der Waals surface area contributed by atoms with Gasteiger partial charge >= 0.3 is 0 Å². The van der Waals surface area contributed by atoms with Crippen LogP contribution in [0.25, 0.3) is 0 Å². The third-order valence-corrected chi connectivity index (χ3v) is 3.74. The Kier molecular flexibility index (Phi) is 3.73. The number of nitriles is 1. The van der Waals surface area contributed by atoms with E-state index in [-0.39, 0.29) is 6.10 Å². The maximum Gasteiger partial charge on any atom is 0.101 e. The van der Waals surface area contributed by atoms with Crippen molar-refractivity contribution in [3.05, 3.63) is 23.8 Å². The van der Waals surface area contributed by atoms with E-state index in [0.29, 0.717) is 17.2 Å². The van der Waals surface area contributed by atoms with E-state index in [9.17, 15) is 0 Å². The Morgan fingerprint density at radius 3 is 2.94 bits per heavy atom. The van der Waals surface area contributed by atoms with Gasteiger partial charge in [0.15, 0.2) is 0 Å². The highest BCUT2D eigenvalue weighted by atomic mass is 16.5. The van der Waals surface area contributed by atoms with E-state index in [1.165, 1.54) is 0 Å². The highest BCUT2D eigenvalue weighted by Gasteiger charge is 2.27. The highest BCUT2D eigenvalue weighted by molar-refractivity contribution is 5.74. The number of hydrogen-bond donors (Lipinski definition) is 1. The van der Waals surface area contributed by atoms with Crippen molar-refractivity contribution in [3.8, 4) is 6.07 Å². The number of benzene rings is 1. The molecule has 1 aromatic rings. The molecule has 0 amide bonds. The monoisotopic (exact) mass is 245 g/mol. The lowest BCUT2D eigenvalue weighted by molar-refractivity contribution is 0.0499. The van der Waals surface area contributed by atoms with Gasteiger partial charge < -0.3 is 15.4 Å². The number of piperidine rings is 1. The normalized spacial score (nSPS) is 23.7. The van der Waals surface area contributed by atoms with E-state index in [1.54, 1.807) is 13.2 Å². The second-order valence-corrected chi connectivity index (χ2v) is 4.84. The van der Waals surface area contributed by atoms with Gasteiger partial charge in [-0.3, -0.25) is 0 Å². The van der Waals surface area contributed by atoms with E-state index in [1.807, 2.05) is 12.1 Å². The van der Waals surface area contributed by atoms with Crippen molar-refractivity contribution in [2.24, 2.45) is 5.92 Å². The number of para-hydroxylation sites is 1. The second kappa shape index (κ2) is 5.28. The summed E-state index contributed by atoms with van der Waals surface area (Å²) in [7, 11) is 1.75. The standard InChI is InChI=1S/C14H19N3O/c1-10-6-7-17(9-13(10)18-2)12-5-3-4-11(8-15)14(12)16/h3-5,10,13H,6-7,9,16H2,1-2H3. The van der Waals surface area contributed by atoms with E-state index < -0.39 is 0 Å². The minimum absolute atomic E-state index is 0.226. The lowest BCUT2D eigenvalue weighted by atomic mass is 9.95. The minimum Gasteiger partial charge on any atom is -0.396 e. The molecular formula is C14H19N3O. The van der Waals surface area contributed by atoms with Crippen molar-refractivity contribution in [1.82, 2.24) is 0 Å². The van der Waals surface area contributed by atoms with Crippen molar-refractivity contribution in [2.45, 2.75) is 19.4 Å². The number of rotatable bonds is 2. The molecule has 0 bridgehead atoms. The van der Waals surface area contributed by atoms with Gasteiger partial charge in [0, 0.05) is 20.2 Å². The number of hydrogen-bond acceptors (Lipinski definition) is 4. The molecule has 4 heteroatoms. The number of ether oxygens (including phenoxy) is 1. The van der Waals surface area contributed by atoms with Gasteiger partial charge in [-0.25, -0.2) is 0 Å². The van der Waals surface area contributed by atoms with Gasteiger partial charge in [0.2, 0.25) is 0 Å². The van der Waals surface area contributed by atoms with Crippen LogP contribution < -0.4 is 10.6 Å². The molecule has 0 aliphatic carbocycles. The molecule has 1 aliphatic rings. The number of anilines is 2. The van der Waals surface area contributed by atoms with Crippen molar-refractivity contribution in [3.63, 3.8) is 0 Å². The molecule has 2 atom stereocenters. The highest BCUT2D eigenvalue weighted by Crippen LogP contribution is 2.30. The fraction of sp³-hybridized carbons (Fsp3) is 0.500. The molecule has 0 aromatic heterocycles. The predicted molar refractivity (Wildman–Crippen MR) is 72.4 cm³/mol. The SMILES string of the molecule is COC1CN(c2cccc(C#N)c2N)CCC1C. The number of nitrogen functional groups attached to an aromatic ring is 1. The number of nitrogens with two attached hydrogens (primary N) is 1. The topological polar surface area (TPSA) is 62.3 Å². The molecule has 0 radical (unpaired) electrons. The zero-order valence-electron chi connectivity index (χ0n) is 10.9. The summed E-state index contributed by atoms with van der Waals surface area (Å²) < 4.78 is 5.50. The lowest BCUT2D eigenvalue weighted by Gasteiger charge is -2.38. The van der Waals surface area contributed by atoms with Crippen LogP contribution in [0, 0.1) is 17.2 Å². The second-order valence-electron chi connectivity index (χ2n) is 4.84. The molecule has 1 heterocycles. The van der Waals surface area contributed by atoms with Crippen molar-refractivity contribution < 1.29 is 4.74 Å². The van der Waals surface area contributed by atoms with Crippen LogP contribution in [0.4, 0.5) is 11.4 Å². The summed E-state index contributed by atoms with van der Waals surface area (Å²) in [5, 5.41) is 9.01. The molecule has 2 unspecified atom stereocenters. The Morgan fingerprint density at radius 2 is 2.28 bits per heavy atom. The van der Waals surface area contributed by atoms with Crippen molar-refractivity contribution >= 4 is 11.4 Å². The first-order valence-electron chi connectivity index (χ1n) is 6.23. The van der Waals surface area contributed by atoms with E-state index >= 15 is 0 Å². The molecular weight excluding hydrogens is 226 g/mol. The van der Waals surface area contributed by atoms with Gasteiger partial charge in [0.05, 0.1) is 23.0 Å². The molecule has 2 rings (SSSR count). The van der Waals surface area contributed by atoms with Crippen LogP contribution in [0.3, 0.4) is 0 Å². The molecule has 1 aliphatic heterocycles. The van der Waals surface area contributed by atoms with Gasteiger partial charge in [-0.2, -0.15) is 5.26 Å². The van der Waals surface area contributed by atoms with Crippen molar-refractivity contribution in [2.75, 3.05) is 30.8 Å². The molecule has 2 N–H and O–H groups in total. The van der Waals surface area contributed by atoms with E-state index in [0.717, 1.165) is 25.2 Å². The largest absolute Gasteiger partial charge is 0.396 e. The van der Waals surface area contributed by atoms with Crippen LogP contribution in [0.15, 0.2) is 18.2 Å². The maximum atomic E-state index is 9.01. The summed E-state index contributed by atoms with van der Waals surface area (Å²) >= 11 is 0. The first kappa shape index (κ1) is 12.7. The Labute approximate surface area is 108 Å².